The van der Waals surface area contributed by atoms with Crippen molar-refractivity contribution in [3.05, 3.63) is 28.5 Å². The molecule has 0 saturated carbocycles. The Bertz CT molecular complexity index is 519. The van der Waals surface area contributed by atoms with Crippen LogP contribution >= 0.6 is 11.6 Å². The van der Waals surface area contributed by atoms with Crippen LogP contribution in [0.1, 0.15) is 28.9 Å². The number of carboxylic acid groups (broad SMARTS) is 1. The van der Waals surface area contributed by atoms with E-state index in [1.165, 1.54) is 6.20 Å². The Morgan fingerprint density at radius 1 is 1.58 bits per heavy atom. The van der Waals surface area contributed by atoms with E-state index in [1.54, 1.807) is 17.9 Å². The van der Waals surface area contributed by atoms with Crippen molar-refractivity contribution in [3.8, 4) is 0 Å². The summed E-state index contributed by atoms with van der Waals surface area (Å²) in [5.41, 5.74) is 1.13. The van der Waals surface area contributed by atoms with Gasteiger partial charge in [-0.15, -0.1) is 0 Å². The molecule has 1 aromatic rings. The average Bonchev–Trinajstić information content (AvgIpc) is 2.75. The van der Waals surface area contributed by atoms with Gasteiger partial charge in [0.05, 0.1) is 10.6 Å². The minimum absolute atomic E-state index is 0.0265. The molecule has 1 aliphatic heterocycles. The largest absolute Gasteiger partial charge is 0.481 e. The fourth-order valence-corrected chi connectivity index (χ4v) is 2.57. The van der Waals surface area contributed by atoms with E-state index in [4.69, 9.17) is 16.7 Å². The van der Waals surface area contributed by atoms with Crippen LogP contribution in [0.5, 0.6) is 0 Å². The monoisotopic (exact) mass is 282 g/mol. The zero-order chi connectivity index (χ0) is 14.0. The van der Waals surface area contributed by atoms with Gasteiger partial charge >= 0.3 is 5.97 Å². The van der Waals surface area contributed by atoms with Crippen LogP contribution in [-0.2, 0) is 4.79 Å². The molecule has 2 heterocycles. The number of hydrogen-bond acceptors (Lipinski definition) is 3. The lowest BCUT2D eigenvalue weighted by molar-refractivity contribution is -0.138. The summed E-state index contributed by atoms with van der Waals surface area (Å²) in [5, 5.41) is 9.14. The molecule has 19 heavy (non-hydrogen) atoms. The predicted molar refractivity (Wildman–Crippen MR) is 70.2 cm³/mol. The van der Waals surface area contributed by atoms with Crippen molar-refractivity contribution in [1.82, 2.24) is 9.88 Å². The van der Waals surface area contributed by atoms with Gasteiger partial charge in [-0.25, -0.2) is 0 Å². The molecule has 1 fully saturated rings. The van der Waals surface area contributed by atoms with Gasteiger partial charge in [0.2, 0.25) is 0 Å². The maximum atomic E-state index is 12.3. The Hall–Kier alpha value is -1.62. The van der Waals surface area contributed by atoms with E-state index in [-0.39, 0.29) is 18.2 Å². The highest BCUT2D eigenvalue weighted by Gasteiger charge is 2.29. The second kappa shape index (κ2) is 5.57. The van der Waals surface area contributed by atoms with Crippen LogP contribution in [0.2, 0.25) is 5.02 Å². The smallest absolute Gasteiger partial charge is 0.303 e. The van der Waals surface area contributed by atoms with E-state index in [0.29, 0.717) is 23.7 Å². The van der Waals surface area contributed by atoms with Crippen molar-refractivity contribution in [2.75, 3.05) is 13.1 Å². The van der Waals surface area contributed by atoms with Gasteiger partial charge < -0.3 is 10.0 Å². The van der Waals surface area contributed by atoms with E-state index in [0.717, 1.165) is 12.1 Å². The Balaban J connectivity index is 2.07. The number of carboxylic acids is 1. The number of carbonyl (C=O) groups is 2. The van der Waals surface area contributed by atoms with E-state index < -0.39 is 5.97 Å². The number of aromatic nitrogens is 1. The van der Waals surface area contributed by atoms with E-state index in [1.807, 2.05) is 0 Å². The quantitative estimate of drug-likeness (QED) is 0.920. The van der Waals surface area contributed by atoms with Gasteiger partial charge in [-0.2, -0.15) is 0 Å². The lowest BCUT2D eigenvalue weighted by Crippen LogP contribution is -2.29. The van der Waals surface area contributed by atoms with Crippen molar-refractivity contribution in [2.45, 2.75) is 19.8 Å². The number of pyridine rings is 1. The SMILES string of the molecule is Cc1cc(Cl)c(C(=O)N2CCC(CC(=O)O)C2)cn1. The first-order valence-electron chi connectivity index (χ1n) is 6.10. The summed E-state index contributed by atoms with van der Waals surface area (Å²) < 4.78 is 0. The molecule has 1 aliphatic rings. The van der Waals surface area contributed by atoms with E-state index >= 15 is 0 Å². The molecule has 1 amide bonds. The summed E-state index contributed by atoms with van der Waals surface area (Å²) >= 11 is 6.04. The van der Waals surface area contributed by atoms with Gasteiger partial charge in [0.15, 0.2) is 0 Å². The normalized spacial score (nSPS) is 18.6. The first kappa shape index (κ1) is 13.8. The molecule has 1 unspecified atom stereocenters. The molecular formula is C13H15ClN2O3. The van der Waals surface area contributed by atoms with Crippen molar-refractivity contribution in [2.24, 2.45) is 5.92 Å². The molecule has 0 spiro atoms. The molecule has 0 aromatic carbocycles. The van der Waals surface area contributed by atoms with Crippen molar-refractivity contribution >= 4 is 23.5 Å². The lowest BCUT2D eigenvalue weighted by atomic mass is 10.1. The average molecular weight is 283 g/mol. The summed E-state index contributed by atoms with van der Waals surface area (Å²) in [6, 6.07) is 1.65. The molecule has 0 bridgehead atoms. The van der Waals surface area contributed by atoms with Crippen molar-refractivity contribution < 1.29 is 14.7 Å². The molecule has 1 aromatic heterocycles. The maximum Gasteiger partial charge on any atom is 0.303 e. The van der Waals surface area contributed by atoms with Crippen LogP contribution in [0.25, 0.3) is 0 Å². The zero-order valence-electron chi connectivity index (χ0n) is 10.6. The minimum atomic E-state index is -0.825. The number of halogens is 1. The third-order valence-electron chi connectivity index (χ3n) is 3.26. The number of aryl methyl sites for hydroxylation is 1. The van der Waals surface area contributed by atoms with Crippen LogP contribution in [-0.4, -0.2) is 40.0 Å². The van der Waals surface area contributed by atoms with Gasteiger partial charge in [0, 0.05) is 31.4 Å². The number of carbonyl (C=O) groups excluding carboxylic acids is 1. The second-order valence-electron chi connectivity index (χ2n) is 4.81. The molecule has 102 valence electrons. The third kappa shape index (κ3) is 3.23. The summed E-state index contributed by atoms with van der Waals surface area (Å²) in [5.74, 6) is -0.974. The minimum Gasteiger partial charge on any atom is -0.481 e. The maximum absolute atomic E-state index is 12.3. The molecule has 5 nitrogen and oxygen atoms in total. The van der Waals surface area contributed by atoms with Crippen LogP contribution < -0.4 is 0 Å². The molecular weight excluding hydrogens is 268 g/mol. The second-order valence-corrected chi connectivity index (χ2v) is 5.22. The van der Waals surface area contributed by atoms with Gasteiger partial charge in [-0.1, -0.05) is 11.6 Å². The van der Waals surface area contributed by atoms with E-state index in [9.17, 15) is 9.59 Å². The Morgan fingerprint density at radius 2 is 2.32 bits per heavy atom. The predicted octanol–water partition coefficient (Wildman–Crippen LogP) is 1.98. The first-order chi connectivity index (χ1) is 8.97. The van der Waals surface area contributed by atoms with Crippen LogP contribution in [0.4, 0.5) is 0 Å². The van der Waals surface area contributed by atoms with Crippen molar-refractivity contribution in [1.29, 1.82) is 0 Å². The molecule has 2 rings (SSSR count). The Labute approximate surface area is 116 Å². The molecule has 0 aliphatic carbocycles. The molecule has 6 heteroatoms. The highest BCUT2D eigenvalue weighted by Crippen LogP contribution is 2.24. The third-order valence-corrected chi connectivity index (χ3v) is 3.57. The highest BCUT2D eigenvalue weighted by molar-refractivity contribution is 6.33. The number of amides is 1. The number of aliphatic carboxylic acids is 1. The van der Waals surface area contributed by atoms with Gasteiger partial charge in [0.25, 0.3) is 5.91 Å². The van der Waals surface area contributed by atoms with Gasteiger partial charge in [-0.05, 0) is 25.3 Å². The summed E-state index contributed by atoms with van der Waals surface area (Å²) in [6.45, 7) is 2.84. The molecule has 1 saturated heterocycles. The fourth-order valence-electron chi connectivity index (χ4n) is 2.28. The molecule has 0 radical (unpaired) electrons. The lowest BCUT2D eigenvalue weighted by Gasteiger charge is -2.17. The first-order valence-corrected chi connectivity index (χ1v) is 6.48. The van der Waals surface area contributed by atoms with Crippen LogP contribution in [0.3, 0.4) is 0 Å². The Kier molecular flexibility index (Phi) is 4.04. The van der Waals surface area contributed by atoms with Gasteiger partial charge in [-0.3, -0.25) is 14.6 Å². The number of rotatable bonds is 3. The number of nitrogens with zero attached hydrogens (tertiary/aromatic N) is 2. The summed E-state index contributed by atoms with van der Waals surface area (Å²) in [6.07, 6.45) is 2.29. The molecule has 1 N–H and O–H groups in total. The number of likely N-dealkylation sites (tertiary alicyclic amines) is 1. The van der Waals surface area contributed by atoms with Crippen molar-refractivity contribution in [3.63, 3.8) is 0 Å². The fraction of sp³-hybridized carbons (Fsp3) is 0.462. The molecule has 1 atom stereocenters. The van der Waals surface area contributed by atoms with E-state index in [2.05, 4.69) is 4.98 Å². The number of hydrogen-bond donors (Lipinski definition) is 1. The standard InChI is InChI=1S/C13H15ClN2O3/c1-8-4-11(14)10(6-15-8)13(19)16-3-2-9(7-16)5-12(17)18/h4,6,9H,2-3,5,7H2,1H3,(H,17,18). The summed E-state index contributed by atoms with van der Waals surface area (Å²) in [7, 11) is 0. The van der Waals surface area contributed by atoms with Crippen LogP contribution in [0, 0.1) is 12.8 Å². The van der Waals surface area contributed by atoms with Gasteiger partial charge in [0.1, 0.15) is 0 Å². The summed E-state index contributed by atoms with van der Waals surface area (Å²) in [4.78, 5) is 28.6. The van der Waals surface area contributed by atoms with Crippen LogP contribution in [0.15, 0.2) is 12.3 Å². The highest BCUT2D eigenvalue weighted by atomic mass is 35.5. The Morgan fingerprint density at radius 3 is 2.95 bits per heavy atom. The zero-order valence-corrected chi connectivity index (χ0v) is 11.4. The topological polar surface area (TPSA) is 70.5 Å².